The zero-order valence-electron chi connectivity index (χ0n) is 14.0. The van der Waals surface area contributed by atoms with Crippen molar-refractivity contribution in [3.63, 3.8) is 0 Å². The molecule has 0 N–H and O–H groups in total. The molecule has 0 spiro atoms. The van der Waals surface area contributed by atoms with Gasteiger partial charge in [0.05, 0.1) is 31.8 Å². The van der Waals surface area contributed by atoms with Crippen LogP contribution in [0, 0.1) is 0 Å². The zero-order chi connectivity index (χ0) is 16.9. The van der Waals surface area contributed by atoms with Crippen LogP contribution in [0.3, 0.4) is 0 Å². The highest BCUT2D eigenvalue weighted by Crippen LogP contribution is 2.22. The molecule has 0 bridgehead atoms. The molecule has 2 fully saturated rings. The van der Waals surface area contributed by atoms with Crippen molar-refractivity contribution in [2.24, 2.45) is 0 Å². The maximum Gasteiger partial charge on any atom is 0.225 e. The van der Waals surface area contributed by atoms with Gasteiger partial charge < -0.3 is 19.3 Å². The number of carbonyl (C=O) groups is 2. The Morgan fingerprint density at radius 1 is 1.29 bits per heavy atom. The fourth-order valence-corrected chi connectivity index (χ4v) is 3.24. The summed E-state index contributed by atoms with van der Waals surface area (Å²) in [5.41, 5.74) is 0. The Morgan fingerprint density at radius 3 is 2.88 bits per heavy atom. The molecule has 6 nitrogen and oxygen atoms in total. The summed E-state index contributed by atoms with van der Waals surface area (Å²) in [7, 11) is 1.80. The Balaban J connectivity index is 1.44. The Bertz CT molecular complexity index is 578. The Hall–Kier alpha value is -2.08. The number of rotatable bonds is 5. The van der Waals surface area contributed by atoms with Gasteiger partial charge in [-0.3, -0.25) is 9.59 Å². The number of amides is 2. The van der Waals surface area contributed by atoms with Crippen LogP contribution in [0.2, 0.25) is 0 Å². The van der Waals surface area contributed by atoms with Crippen molar-refractivity contribution in [1.29, 1.82) is 0 Å². The van der Waals surface area contributed by atoms with E-state index in [1.807, 2.05) is 35.2 Å². The predicted molar refractivity (Wildman–Crippen MR) is 88.7 cm³/mol. The average Bonchev–Trinajstić information content (AvgIpc) is 2.97. The number of fused-ring (bicyclic) bond motifs is 1. The third-order valence-electron chi connectivity index (χ3n) is 4.68. The molecule has 6 heteroatoms. The first kappa shape index (κ1) is 16.8. The molecular formula is C18H24N2O4. The van der Waals surface area contributed by atoms with Gasteiger partial charge in [0.1, 0.15) is 5.75 Å². The van der Waals surface area contributed by atoms with Crippen LogP contribution in [0.1, 0.15) is 19.3 Å². The normalized spacial score (nSPS) is 23.8. The first-order valence-electron chi connectivity index (χ1n) is 8.48. The van der Waals surface area contributed by atoms with E-state index in [0.717, 1.165) is 5.75 Å². The van der Waals surface area contributed by atoms with Crippen molar-refractivity contribution in [2.45, 2.75) is 31.4 Å². The minimum Gasteiger partial charge on any atom is -0.494 e. The molecule has 3 rings (SSSR count). The van der Waals surface area contributed by atoms with Gasteiger partial charge in [0.15, 0.2) is 0 Å². The lowest BCUT2D eigenvalue weighted by Crippen LogP contribution is -2.43. The quantitative estimate of drug-likeness (QED) is 0.763. The van der Waals surface area contributed by atoms with E-state index in [4.69, 9.17) is 9.47 Å². The summed E-state index contributed by atoms with van der Waals surface area (Å²) >= 11 is 0. The number of hydrogen-bond donors (Lipinski definition) is 0. The molecule has 24 heavy (non-hydrogen) atoms. The van der Waals surface area contributed by atoms with Gasteiger partial charge >= 0.3 is 0 Å². The molecular weight excluding hydrogens is 308 g/mol. The van der Waals surface area contributed by atoms with Crippen LogP contribution in [0.5, 0.6) is 5.75 Å². The maximum absolute atomic E-state index is 12.4. The van der Waals surface area contributed by atoms with E-state index < -0.39 is 0 Å². The third-order valence-corrected chi connectivity index (χ3v) is 4.68. The number of likely N-dealkylation sites (N-methyl/N-ethyl adjacent to an activating group) is 1. The van der Waals surface area contributed by atoms with E-state index in [1.165, 1.54) is 0 Å². The molecule has 0 aromatic heterocycles. The summed E-state index contributed by atoms with van der Waals surface area (Å²) in [4.78, 5) is 27.8. The first-order valence-corrected chi connectivity index (χ1v) is 8.48. The largest absolute Gasteiger partial charge is 0.494 e. The standard InChI is InChI=1S/C18H24N2O4/c1-19-15-12-20(13-16(15)24-11-9-17(19)21)18(22)8-5-10-23-14-6-3-2-4-7-14/h2-4,6-7,15-16H,5,8-13H2,1H3/t15-,16-/m0/s1. The van der Waals surface area contributed by atoms with E-state index >= 15 is 0 Å². The van der Waals surface area contributed by atoms with Crippen LogP contribution < -0.4 is 4.74 Å². The molecule has 1 aromatic carbocycles. The SMILES string of the molecule is CN1C(=O)CCO[C@H]2CN(C(=O)CCCOc3ccccc3)C[C@@H]21. The molecule has 2 heterocycles. The van der Waals surface area contributed by atoms with Gasteiger partial charge in [-0.2, -0.15) is 0 Å². The van der Waals surface area contributed by atoms with E-state index in [1.54, 1.807) is 11.9 Å². The summed E-state index contributed by atoms with van der Waals surface area (Å²) in [6.07, 6.45) is 1.49. The second-order valence-corrected chi connectivity index (χ2v) is 6.30. The predicted octanol–water partition coefficient (Wildman–Crippen LogP) is 1.30. The number of likely N-dealkylation sites (tertiary alicyclic amines) is 1. The van der Waals surface area contributed by atoms with Crippen LogP contribution in [0.25, 0.3) is 0 Å². The van der Waals surface area contributed by atoms with Gasteiger partial charge in [0, 0.05) is 26.6 Å². The molecule has 2 saturated heterocycles. The summed E-state index contributed by atoms with van der Waals surface area (Å²) in [6.45, 7) is 2.09. The number of hydrogen-bond acceptors (Lipinski definition) is 4. The minimum atomic E-state index is -0.0639. The number of benzene rings is 1. The van der Waals surface area contributed by atoms with Gasteiger partial charge in [0.2, 0.25) is 11.8 Å². The van der Waals surface area contributed by atoms with Crippen molar-refractivity contribution in [2.75, 3.05) is 33.4 Å². The maximum atomic E-state index is 12.4. The summed E-state index contributed by atoms with van der Waals surface area (Å²) in [5.74, 6) is 1.01. The molecule has 130 valence electrons. The molecule has 0 saturated carbocycles. The van der Waals surface area contributed by atoms with Gasteiger partial charge in [-0.15, -0.1) is 0 Å². The van der Waals surface area contributed by atoms with Crippen molar-refractivity contribution in [3.05, 3.63) is 30.3 Å². The Labute approximate surface area is 142 Å². The number of nitrogens with zero attached hydrogens (tertiary/aromatic N) is 2. The van der Waals surface area contributed by atoms with Crippen molar-refractivity contribution in [3.8, 4) is 5.75 Å². The van der Waals surface area contributed by atoms with Gasteiger partial charge in [-0.1, -0.05) is 18.2 Å². The molecule has 0 unspecified atom stereocenters. The molecule has 2 amide bonds. The van der Waals surface area contributed by atoms with Crippen molar-refractivity contribution < 1.29 is 19.1 Å². The monoisotopic (exact) mass is 332 g/mol. The fourth-order valence-electron chi connectivity index (χ4n) is 3.24. The highest BCUT2D eigenvalue weighted by molar-refractivity contribution is 5.78. The third kappa shape index (κ3) is 3.87. The van der Waals surface area contributed by atoms with Crippen LogP contribution in [-0.2, 0) is 14.3 Å². The van der Waals surface area contributed by atoms with E-state index in [0.29, 0.717) is 45.6 Å². The van der Waals surface area contributed by atoms with Crippen LogP contribution in [0.15, 0.2) is 30.3 Å². The highest BCUT2D eigenvalue weighted by Gasteiger charge is 2.41. The van der Waals surface area contributed by atoms with Gasteiger partial charge in [-0.25, -0.2) is 0 Å². The smallest absolute Gasteiger partial charge is 0.225 e. The van der Waals surface area contributed by atoms with Crippen LogP contribution in [-0.4, -0.2) is 67.1 Å². The summed E-state index contributed by atoms with van der Waals surface area (Å²) < 4.78 is 11.4. The van der Waals surface area contributed by atoms with Crippen LogP contribution in [0.4, 0.5) is 0 Å². The number of carbonyl (C=O) groups excluding carboxylic acids is 2. The van der Waals surface area contributed by atoms with Crippen LogP contribution >= 0.6 is 0 Å². The van der Waals surface area contributed by atoms with Gasteiger partial charge in [0.25, 0.3) is 0 Å². The topological polar surface area (TPSA) is 59.1 Å². The Morgan fingerprint density at radius 2 is 2.08 bits per heavy atom. The van der Waals surface area contributed by atoms with E-state index in [2.05, 4.69) is 0 Å². The molecule has 1 aromatic rings. The highest BCUT2D eigenvalue weighted by atomic mass is 16.5. The second kappa shape index (κ2) is 7.66. The Kier molecular flexibility index (Phi) is 5.35. The summed E-state index contributed by atoms with van der Waals surface area (Å²) in [6, 6.07) is 9.57. The molecule has 2 atom stereocenters. The lowest BCUT2D eigenvalue weighted by atomic mass is 10.2. The minimum absolute atomic E-state index is 0.0236. The van der Waals surface area contributed by atoms with E-state index in [-0.39, 0.29) is 24.0 Å². The lowest BCUT2D eigenvalue weighted by molar-refractivity contribution is -0.133. The average molecular weight is 332 g/mol. The molecule has 0 aliphatic carbocycles. The fraction of sp³-hybridized carbons (Fsp3) is 0.556. The number of para-hydroxylation sites is 1. The molecule has 2 aliphatic rings. The molecule has 0 radical (unpaired) electrons. The number of ether oxygens (including phenoxy) is 2. The zero-order valence-corrected chi connectivity index (χ0v) is 14.0. The van der Waals surface area contributed by atoms with Crippen molar-refractivity contribution in [1.82, 2.24) is 9.80 Å². The van der Waals surface area contributed by atoms with E-state index in [9.17, 15) is 9.59 Å². The second-order valence-electron chi connectivity index (χ2n) is 6.30. The molecule has 2 aliphatic heterocycles. The van der Waals surface area contributed by atoms with Gasteiger partial charge in [-0.05, 0) is 18.6 Å². The van der Waals surface area contributed by atoms with Crippen molar-refractivity contribution >= 4 is 11.8 Å². The lowest BCUT2D eigenvalue weighted by Gasteiger charge is -2.25. The first-order chi connectivity index (χ1) is 11.6. The summed E-state index contributed by atoms with van der Waals surface area (Å²) in [5, 5.41) is 0.